The lowest BCUT2D eigenvalue weighted by molar-refractivity contribution is -0.611. The van der Waals surface area contributed by atoms with Gasteiger partial charge in [-0.05, 0) is 127 Å². The van der Waals surface area contributed by atoms with E-state index in [2.05, 4.69) is 292 Å². The Morgan fingerprint density at radius 2 is 1.05 bits per heavy atom. The summed E-state index contributed by atoms with van der Waals surface area (Å²) >= 11 is 0. The van der Waals surface area contributed by atoms with E-state index in [1.54, 1.807) is 0 Å². The number of nitrogens with zero attached hydrogens (tertiary/aromatic N) is 4. The van der Waals surface area contributed by atoms with Gasteiger partial charge in [-0.3, -0.25) is 13.7 Å². The number of imidazole rings is 1. The summed E-state index contributed by atoms with van der Waals surface area (Å²) in [6.45, 7) is 29.7. The summed E-state index contributed by atoms with van der Waals surface area (Å²) in [5.41, 5.74) is 14.1. The number of benzene rings is 7. The largest absolute Gasteiger partial charge is 0.458 e. The number of hydrogen-bond acceptors (Lipinski definition) is 2. The monoisotopic (exact) mass is 959 g/mol. The number of fused-ring (bicyclic) bond motifs is 3. The second-order valence-corrected chi connectivity index (χ2v) is 24.2. The summed E-state index contributed by atoms with van der Waals surface area (Å²) < 4.78 is 13.8. The molecule has 0 N–H and O–H groups in total. The van der Waals surface area contributed by atoms with Crippen molar-refractivity contribution in [3.05, 3.63) is 234 Å². The molecule has 7 aromatic carbocycles. The molecule has 0 fully saturated rings. The lowest BCUT2D eigenvalue weighted by Crippen LogP contribution is -2.41. The fraction of sp³-hybridized carbons (Fsp3) is 0.265. The molecular weight excluding hydrogens is 889 g/mol. The van der Waals surface area contributed by atoms with Gasteiger partial charge in [-0.2, -0.15) is 0 Å². The van der Waals surface area contributed by atoms with Gasteiger partial charge in [0.05, 0.1) is 28.1 Å². The van der Waals surface area contributed by atoms with Crippen molar-refractivity contribution < 1.29 is 9.30 Å². The average Bonchev–Trinajstić information content (AvgIpc) is 3.97. The number of ether oxygens (including phenoxy) is 1. The predicted molar refractivity (Wildman–Crippen MR) is 303 cm³/mol. The van der Waals surface area contributed by atoms with Crippen molar-refractivity contribution in [3.8, 4) is 39.8 Å². The van der Waals surface area contributed by atoms with E-state index in [0.717, 1.165) is 61.9 Å². The lowest BCUT2D eigenvalue weighted by Gasteiger charge is -2.29. The van der Waals surface area contributed by atoms with Crippen molar-refractivity contribution in [1.29, 1.82) is 0 Å². The van der Waals surface area contributed by atoms with Crippen LogP contribution in [0.1, 0.15) is 129 Å². The van der Waals surface area contributed by atoms with Crippen LogP contribution in [0.5, 0.6) is 11.5 Å². The summed E-state index contributed by atoms with van der Waals surface area (Å²) in [4.78, 5) is 5.00. The lowest BCUT2D eigenvalue weighted by atomic mass is 9.77. The zero-order valence-electron chi connectivity index (χ0n) is 45.1. The summed E-state index contributed by atoms with van der Waals surface area (Å²) in [7, 11) is 0. The maximum atomic E-state index is 7.08. The standard InChI is InChI=1S/C68H70N4O/c1-64(2,3)50-29-32-60-59(40-50)58-31-30-56(43-61(58)72(60)63-41-51(33-34-69-63)65(4,5)6)73-57-39-52(66(7,8)9)37-54(42-57)70-44-62(68(12,13)49-27-21-16-22-28-49)71(45-70)55-36-47(46-23-17-14-18-24-46)35-53(38-55)67(10,11)48-25-19-15-20-26-48/h14-44H,1-13H3. The van der Waals surface area contributed by atoms with Crippen molar-refractivity contribution in [3.63, 3.8) is 0 Å². The Labute approximate surface area is 433 Å². The quantitative estimate of drug-likeness (QED) is 0.101. The molecule has 0 aliphatic heterocycles. The van der Waals surface area contributed by atoms with Gasteiger partial charge in [0, 0.05) is 40.1 Å². The summed E-state index contributed by atoms with van der Waals surface area (Å²) in [5.74, 6) is 2.39. The highest BCUT2D eigenvalue weighted by atomic mass is 16.5. The van der Waals surface area contributed by atoms with Crippen LogP contribution in [0, 0.1) is 6.33 Å². The van der Waals surface area contributed by atoms with Gasteiger partial charge in [-0.15, -0.1) is 0 Å². The average molecular weight is 959 g/mol. The fourth-order valence-corrected chi connectivity index (χ4v) is 10.2. The summed E-state index contributed by atoms with van der Waals surface area (Å²) in [6.07, 6.45) is 8.13. The molecule has 0 spiro atoms. The van der Waals surface area contributed by atoms with Crippen LogP contribution in [0.2, 0.25) is 0 Å². The van der Waals surface area contributed by atoms with Gasteiger partial charge >= 0.3 is 0 Å². The van der Waals surface area contributed by atoms with E-state index in [1.165, 1.54) is 38.8 Å². The number of pyridine rings is 1. The molecule has 0 radical (unpaired) electrons. The van der Waals surface area contributed by atoms with E-state index in [4.69, 9.17) is 9.72 Å². The third-order valence-electron chi connectivity index (χ3n) is 15.1. The van der Waals surface area contributed by atoms with Crippen LogP contribution in [0.25, 0.3) is 50.1 Å². The van der Waals surface area contributed by atoms with Gasteiger partial charge in [0.25, 0.3) is 6.33 Å². The van der Waals surface area contributed by atoms with Crippen molar-refractivity contribution in [2.24, 2.45) is 0 Å². The van der Waals surface area contributed by atoms with Gasteiger partial charge in [0.15, 0.2) is 0 Å². The molecule has 10 rings (SSSR count). The van der Waals surface area contributed by atoms with E-state index < -0.39 is 5.41 Å². The van der Waals surface area contributed by atoms with Crippen LogP contribution in [0.15, 0.2) is 188 Å². The van der Waals surface area contributed by atoms with Crippen molar-refractivity contribution in [1.82, 2.24) is 14.1 Å². The molecule has 3 heterocycles. The SMILES string of the molecule is CC(C)(C)c1cc(Oc2ccc3c4cc(C(C)(C)C)ccc4n(-c4cc(C(C)(C)C)ccn4)c3c2)cc(-n2[c-][n+](-c3cc(-c4ccccc4)cc(C(C)(C)c4ccccc4)c3)c(C(C)(C)c3ccccc3)c2)c1. The highest BCUT2D eigenvalue weighted by molar-refractivity contribution is 6.09. The Balaban J connectivity index is 1.15. The van der Waals surface area contributed by atoms with Crippen LogP contribution >= 0.6 is 0 Å². The van der Waals surface area contributed by atoms with Crippen molar-refractivity contribution in [2.45, 2.75) is 117 Å². The van der Waals surface area contributed by atoms with Crippen molar-refractivity contribution >= 4 is 21.8 Å². The first kappa shape index (κ1) is 49.1. The van der Waals surface area contributed by atoms with Crippen LogP contribution in [0.4, 0.5) is 0 Å². The number of rotatable bonds is 10. The zero-order valence-corrected chi connectivity index (χ0v) is 45.1. The molecule has 0 amide bonds. The van der Waals surface area contributed by atoms with E-state index in [1.807, 2.05) is 6.20 Å². The topological polar surface area (TPSA) is 35.9 Å². The maximum Gasteiger partial charge on any atom is 0.269 e. The molecule has 368 valence electrons. The first-order valence-electron chi connectivity index (χ1n) is 25.8. The Morgan fingerprint density at radius 3 is 1.70 bits per heavy atom. The Bertz CT molecular complexity index is 3630. The normalized spacial score (nSPS) is 12.7. The Morgan fingerprint density at radius 1 is 0.438 bits per heavy atom. The minimum Gasteiger partial charge on any atom is -0.458 e. The van der Waals surface area contributed by atoms with Gasteiger partial charge in [-0.25, -0.2) is 4.98 Å². The molecule has 0 bridgehead atoms. The highest BCUT2D eigenvalue weighted by Crippen LogP contribution is 2.41. The third kappa shape index (κ3) is 9.54. The minimum absolute atomic E-state index is 0.00521. The molecular formula is C68H70N4O. The first-order chi connectivity index (χ1) is 34.6. The molecule has 0 aliphatic carbocycles. The van der Waals surface area contributed by atoms with Gasteiger partial charge in [0.2, 0.25) is 0 Å². The van der Waals surface area contributed by atoms with Crippen LogP contribution in [-0.4, -0.2) is 14.1 Å². The van der Waals surface area contributed by atoms with Crippen molar-refractivity contribution in [2.75, 3.05) is 0 Å². The maximum absolute atomic E-state index is 7.08. The van der Waals surface area contributed by atoms with Crippen LogP contribution in [0.3, 0.4) is 0 Å². The molecule has 0 aliphatic rings. The minimum atomic E-state index is -0.412. The molecule has 0 saturated heterocycles. The van der Waals surface area contributed by atoms with Gasteiger partial charge in [0.1, 0.15) is 17.3 Å². The molecule has 5 nitrogen and oxygen atoms in total. The molecule has 5 heteroatoms. The molecule has 3 aromatic heterocycles. The Hall–Kier alpha value is -7.50. The molecule has 10 aromatic rings. The van der Waals surface area contributed by atoms with Gasteiger partial charge < -0.3 is 4.74 Å². The highest BCUT2D eigenvalue weighted by Gasteiger charge is 2.31. The third-order valence-corrected chi connectivity index (χ3v) is 15.1. The summed E-state index contributed by atoms with van der Waals surface area (Å²) in [6, 6.07) is 63.8. The van der Waals surface area contributed by atoms with E-state index in [9.17, 15) is 0 Å². The van der Waals surface area contributed by atoms with Crippen LogP contribution in [-0.2, 0) is 27.1 Å². The zero-order chi connectivity index (χ0) is 51.7. The molecule has 0 saturated carbocycles. The molecule has 0 unspecified atom stereocenters. The summed E-state index contributed by atoms with van der Waals surface area (Å²) in [5, 5.41) is 2.36. The number of aromatic nitrogens is 4. The van der Waals surface area contributed by atoms with E-state index in [0.29, 0.717) is 0 Å². The second kappa shape index (κ2) is 18.2. The second-order valence-electron chi connectivity index (χ2n) is 24.2. The number of hydrogen-bond donors (Lipinski definition) is 0. The van der Waals surface area contributed by atoms with Crippen LogP contribution < -0.4 is 9.30 Å². The van der Waals surface area contributed by atoms with E-state index in [-0.39, 0.29) is 21.7 Å². The smallest absolute Gasteiger partial charge is 0.269 e. The Kier molecular flexibility index (Phi) is 12.2. The molecule has 0 atom stereocenters. The first-order valence-corrected chi connectivity index (χ1v) is 25.8. The fourth-order valence-electron chi connectivity index (χ4n) is 10.2. The predicted octanol–water partition coefficient (Wildman–Crippen LogP) is 17.0. The van der Waals surface area contributed by atoms with Gasteiger partial charge in [-0.1, -0.05) is 193 Å². The van der Waals surface area contributed by atoms with E-state index >= 15 is 0 Å². The molecule has 73 heavy (non-hydrogen) atoms.